The van der Waals surface area contributed by atoms with Crippen LogP contribution in [0.1, 0.15) is 30.0 Å². The first-order valence-electron chi connectivity index (χ1n) is 11.0. The van der Waals surface area contributed by atoms with Crippen LogP contribution in [0.3, 0.4) is 0 Å². The average molecular weight is 464 g/mol. The third-order valence-corrected chi connectivity index (χ3v) is 4.89. The van der Waals surface area contributed by atoms with Gasteiger partial charge in [-0.05, 0) is 42.7 Å². The maximum absolute atomic E-state index is 10.9. The SMILES string of the molecule is CCOc1cc(OCc2ccc(OC=C(NOC)c3ccccc3)cc2)ccc1CCC(=O)O. The maximum atomic E-state index is 10.9. The first kappa shape index (κ1) is 24.7. The quantitative estimate of drug-likeness (QED) is 0.266. The second-order valence-electron chi connectivity index (χ2n) is 7.35. The van der Waals surface area contributed by atoms with Gasteiger partial charge >= 0.3 is 5.97 Å². The minimum Gasteiger partial charge on any atom is -0.493 e. The number of hydrogen-bond acceptors (Lipinski definition) is 6. The Balaban J connectivity index is 1.60. The summed E-state index contributed by atoms with van der Waals surface area (Å²) in [6.07, 6.45) is 2.07. The summed E-state index contributed by atoms with van der Waals surface area (Å²) in [5.74, 6) is 1.15. The molecule has 0 atom stereocenters. The van der Waals surface area contributed by atoms with Crippen molar-refractivity contribution in [3.8, 4) is 17.2 Å². The molecule has 0 bridgehead atoms. The Bertz CT molecular complexity index is 1080. The Morgan fingerprint density at radius 1 is 0.971 bits per heavy atom. The van der Waals surface area contributed by atoms with Crippen molar-refractivity contribution in [3.05, 3.63) is 95.7 Å². The minimum absolute atomic E-state index is 0.0538. The Morgan fingerprint density at radius 2 is 1.71 bits per heavy atom. The highest BCUT2D eigenvalue weighted by Gasteiger charge is 2.09. The van der Waals surface area contributed by atoms with Crippen molar-refractivity contribution in [2.45, 2.75) is 26.4 Å². The van der Waals surface area contributed by atoms with E-state index in [4.69, 9.17) is 24.2 Å². The van der Waals surface area contributed by atoms with Crippen molar-refractivity contribution in [3.63, 3.8) is 0 Å². The fraction of sp³-hybridized carbons (Fsp3) is 0.222. The van der Waals surface area contributed by atoms with Crippen molar-refractivity contribution < 1.29 is 28.9 Å². The van der Waals surface area contributed by atoms with Gasteiger partial charge in [0.2, 0.25) is 0 Å². The number of aryl methyl sites for hydroxylation is 1. The van der Waals surface area contributed by atoms with Gasteiger partial charge in [-0.1, -0.05) is 48.5 Å². The predicted octanol–water partition coefficient (Wildman–Crippen LogP) is 5.21. The number of nitrogens with one attached hydrogen (secondary N) is 1. The molecule has 0 aliphatic carbocycles. The van der Waals surface area contributed by atoms with Crippen LogP contribution in [0, 0.1) is 0 Å². The van der Waals surface area contributed by atoms with Gasteiger partial charge in [0.15, 0.2) is 0 Å². The smallest absolute Gasteiger partial charge is 0.303 e. The molecule has 3 aromatic rings. The van der Waals surface area contributed by atoms with Crippen LogP contribution in [0.2, 0.25) is 0 Å². The van der Waals surface area contributed by atoms with Gasteiger partial charge in [0.25, 0.3) is 0 Å². The molecule has 7 heteroatoms. The number of carboxylic acid groups (broad SMARTS) is 1. The van der Waals surface area contributed by atoms with Gasteiger partial charge < -0.3 is 19.3 Å². The van der Waals surface area contributed by atoms with Crippen LogP contribution in [0.5, 0.6) is 17.2 Å². The number of hydrogen-bond donors (Lipinski definition) is 2. The maximum Gasteiger partial charge on any atom is 0.303 e. The summed E-state index contributed by atoms with van der Waals surface area (Å²) in [5.41, 5.74) is 6.29. The lowest BCUT2D eigenvalue weighted by Gasteiger charge is -2.13. The van der Waals surface area contributed by atoms with E-state index in [1.54, 1.807) is 19.4 Å². The lowest BCUT2D eigenvalue weighted by molar-refractivity contribution is -0.136. The Hall–Kier alpha value is -3.97. The average Bonchev–Trinajstić information content (AvgIpc) is 2.86. The molecule has 0 spiro atoms. The van der Waals surface area contributed by atoms with E-state index in [2.05, 4.69) is 5.48 Å². The number of benzene rings is 3. The van der Waals surface area contributed by atoms with Gasteiger partial charge in [-0.25, -0.2) is 0 Å². The van der Waals surface area contributed by atoms with Crippen molar-refractivity contribution >= 4 is 11.7 Å². The summed E-state index contributed by atoms with van der Waals surface area (Å²) < 4.78 is 17.4. The van der Waals surface area contributed by atoms with E-state index in [1.165, 1.54) is 0 Å². The van der Waals surface area contributed by atoms with E-state index in [0.29, 0.717) is 42.6 Å². The number of rotatable bonds is 13. The first-order valence-corrected chi connectivity index (χ1v) is 11.0. The van der Waals surface area contributed by atoms with E-state index >= 15 is 0 Å². The zero-order valence-corrected chi connectivity index (χ0v) is 19.3. The molecule has 0 aromatic heterocycles. The van der Waals surface area contributed by atoms with E-state index in [0.717, 1.165) is 16.7 Å². The van der Waals surface area contributed by atoms with Crippen LogP contribution in [0.15, 0.2) is 79.1 Å². The second-order valence-corrected chi connectivity index (χ2v) is 7.35. The molecule has 0 aliphatic heterocycles. The Kier molecular flexibility index (Phi) is 9.37. The van der Waals surface area contributed by atoms with Crippen LogP contribution in [0.4, 0.5) is 0 Å². The second kappa shape index (κ2) is 12.9. The zero-order valence-electron chi connectivity index (χ0n) is 19.3. The standard InChI is InChI=1S/C27H29NO6/c1-3-32-26-17-24(15-11-22(26)12-16-27(29)30)33-18-20-9-13-23(14-10-20)34-19-25(28-31-2)21-7-5-4-6-8-21/h4-11,13-15,17,19,28H,3,12,16,18H2,1-2H3,(H,29,30). The number of hydroxylamine groups is 1. The highest BCUT2D eigenvalue weighted by molar-refractivity contribution is 5.67. The number of aliphatic carboxylic acids is 1. The highest BCUT2D eigenvalue weighted by atomic mass is 16.6. The third-order valence-electron chi connectivity index (χ3n) is 4.89. The molecular weight excluding hydrogens is 434 g/mol. The van der Waals surface area contributed by atoms with Crippen molar-refractivity contribution in [1.82, 2.24) is 5.48 Å². The molecule has 0 aliphatic rings. The molecule has 0 radical (unpaired) electrons. The van der Waals surface area contributed by atoms with Crippen LogP contribution in [-0.4, -0.2) is 24.8 Å². The van der Waals surface area contributed by atoms with Crippen LogP contribution in [-0.2, 0) is 22.7 Å². The van der Waals surface area contributed by atoms with Gasteiger partial charge in [0, 0.05) is 18.1 Å². The van der Waals surface area contributed by atoms with Crippen LogP contribution >= 0.6 is 0 Å². The predicted molar refractivity (Wildman–Crippen MR) is 130 cm³/mol. The van der Waals surface area contributed by atoms with Crippen LogP contribution < -0.4 is 19.7 Å². The fourth-order valence-corrected chi connectivity index (χ4v) is 3.20. The first-order chi connectivity index (χ1) is 16.6. The minimum atomic E-state index is -0.836. The Labute approximate surface area is 199 Å². The summed E-state index contributed by atoms with van der Waals surface area (Å²) >= 11 is 0. The van der Waals surface area contributed by atoms with Gasteiger partial charge in [-0.15, -0.1) is 0 Å². The number of carbonyl (C=O) groups is 1. The Morgan fingerprint density at radius 3 is 2.38 bits per heavy atom. The zero-order chi connectivity index (χ0) is 24.2. The van der Waals surface area contributed by atoms with Crippen LogP contribution in [0.25, 0.3) is 5.70 Å². The molecule has 0 amide bonds. The van der Waals surface area contributed by atoms with Gasteiger partial charge in [-0.2, -0.15) is 0 Å². The topological polar surface area (TPSA) is 86.3 Å². The molecule has 0 fully saturated rings. The lowest BCUT2D eigenvalue weighted by Crippen LogP contribution is -2.11. The van der Waals surface area contributed by atoms with E-state index in [-0.39, 0.29) is 6.42 Å². The van der Waals surface area contributed by atoms with Crippen molar-refractivity contribution in [2.24, 2.45) is 0 Å². The molecule has 2 N–H and O–H groups in total. The summed E-state index contributed by atoms with van der Waals surface area (Å²) in [6, 6.07) is 22.8. The van der Waals surface area contributed by atoms with E-state index < -0.39 is 5.97 Å². The van der Waals surface area contributed by atoms with Gasteiger partial charge in [0.05, 0.1) is 13.7 Å². The van der Waals surface area contributed by atoms with Gasteiger partial charge in [-0.3, -0.25) is 15.1 Å². The van der Waals surface area contributed by atoms with E-state index in [1.807, 2.05) is 73.7 Å². The molecule has 3 rings (SSSR count). The summed E-state index contributed by atoms with van der Waals surface area (Å²) in [6.45, 7) is 2.75. The van der Waals surface area contributed by atoms with Crippen molar-refractivity contribution in [2.75, 3.05) is 13.7 Å². The molecule has 178 valence electrons. The molecule has 7 nitrogen and oxygen atoms in total. The molecule has 0 heterocycles. The normalized spacial score (nSPS) is 11.1. The largest absolute Gasteiger partial charge is 0.493 e. The van der Waals surface area contributed by atoms with E-state index in [9.17, 15) is 4.79 Å². The summed E-state index contributed by atoms with van der Waals surface area (Å²) in [5, 5.41) is 8.93. The monoisotopic (exact) mass is 463 g/mol. The fourth-order valence-electron chi connectivity index (χ4n) is 3.20. The summed E-state index contributed by atoms with van der Waals surface area (Å²) in [7, 11) is 1.55. The number of carboxylic acids is 1. The molecule has 3 aromatic carbocycles. The lowest BCUT2D eigenvalue weighted by atomic mass is 10.1. The molecule has 0 saturated heterocycles. The number of ether oxygens (including phenoxy) is 3. The third kappa shape index (κ3) is 7.56. The molecule has 34 heavy (non-hydrogen) atoms. The summed E-state index contributed by atoms with van der Waals surface area (Å²) in [4.78, 5) is 15.9. The highest BCUT2D eigenvalue weighted by Crippen LogP contribution is 2.27. The molecular formula is C27H29NO6. The molecule has 0 saturated carbocycles. The molecule has 0 unspecified atom stereocenters. The van der Waals surface area contributed by atoms with Crippen molar-refractivity contribution in [1.29, 1.82) is 0 Å². The van der Waals surface area contributed by atoms with Gasteiger partial charge in [0.1, 0.15) is 35.8 Å².